The zero-order valence-corrected chi connectivity index (χ0v) is 7.62. The maximum Gasteiger partial charge on any atom is 0.163 e. The molecule has 2 heterocycles. The van der Waals surface area contributed by atoms with E-state index in [0.29, 0.717) is 10.9 Å². The highest BCUT2D eigenvalue weighted by Gasteiger charge is 2.20. The van der Waals surface area contributed by atoms with Gasteiger partial charge in [-0.15, -0.1) is 10.2 Å². The number of aromatic nitrogens is 2. The molecule has 4 nitrogen and oxygen atoms in total. The van der Waals surface area contributed by atoms with Crippen LogP contribution < -0.4 is 0 Å². The fourth-order valence-electron chi connectivity index (χ4n) is 0.895. The summed E-state index contributed by atoms with van der Waals surface area (Å²) in [7, 11) is 0. The first-order valence-corrected chi connectivity index (χ1v) is 4.74. The molecule has 5 heteroatoms. The Morgan fingerprint density at radius 3 is 2.77 bits per heavy atom. The third kappa shape index (κ3) is 1.97. The number of hydrogen-bond donors (Lipinski definition) is 0. The summed E-state index contributed by atoms with van der Waals surface area (Å²) in [6.07, 6.45) is 0. The summed E-state index contributed by atoms with van der Waals surface area (Å²) >= 11 is 1.64. The number of hydrogen-bond acceptors (Lipinski definition) is 5. The van der Waals surface area contributed by atoms with Crippen molar-refractivity contribution >= 4 is 11.8 Å². The lowest BCUT2D eigenvalue weighted by molar-refractivity contribution is 0.0454. The predicted octanol–water partition coefficient (Wildman–Crippen LogP) is 0.839. The number of thioether (sulfide) groups is 1. The first kappa shape index (κ1) is 8.48. The van der Waals surface area contributed by atoms with Crippen LogP contribution in [0.3, 0.4) is 0 Å². The van der Waals surface area contributed by atoms with Crippen LogP contribution in [0.25, 0.3) is 0 Å². The van der Waals surface area contributed by atoms with Gasteiger partial charge in [0.2, 0.25) is 0 Å². The van der Waals surface area contributed by atoms with Crippen LogP contribution in [0.15, 0.2) is 17.2 Å². The molecule has 0 bridgehead atoms. The number of rotatable bonds is 2. The van der Waals surface area contributed by atoms with Gasteiger partial charge in [-0.05, 0) is 12.1 Å². The van der Waals surface area contributed by atoms with E-state index in [0.717, 1.165) is 18.2 Å². The quantitative estimate of drug-likeness (QED) is 0.696. The van der Waals surface area contributed by atoms with E-state index in [4.69, 9.17) is 10.00 Å². The topological polar surface area (TPSA) is 58.8 Å². The Kier molecular flexibility index (Phi) is 2.43. The van der Waals surface area contributed by atoms with E-state index in [1.807, 2.05) is 12.1 Å². The van der Waals surface area contributed by atoms with E-state index in [-0.39, 0.29) is 0 Å². The molecular formula is C8H7N3OS. The molecule has 1 aromatic heterocycles. The van der Waals surface area contributed by atoms with Crippen molar-refractivity contribution in [2.24, 2.45) is 0 Å². The molecule has 2 rings (SSSR count). The average molecular weight is 193 g/mol. The van der Waals surface area contributed by atoms with Crippen molar-refractivity contribution in [2.45, 2.75) is 10.3 Å². The second-order valence-corrected chi connectivity index (χ2v) is 3.97. The molecular weight excluding hydrogens is 186 g/mol. The van der Waals surface area contributed by atoms with Gasteiger partial charge < -0.3 is 4.74 Å². The summed E-state index contributed by atoms with van der Waals surface area (Å²) in [4.78, 5) is 0. The Morgan fingerprint density at radius 1 is 1.46 bits per heavy atom. The molecule has 0 radical (unpaired) electrons. The molecule has 0 amide bonds. The summed E-state index contributed by atoms with van der Waals surface area (Å²) < 4.78 is 5.03. The molecule has 0 spiro atoms. The average Bonchev–Trinajstić information content (AvgIpc) is 2.12. The highest BCUT2D eigenvalue weighted by atomic mass is 32.2. The van der Waals surface area contributed by atoms with Crippen LogP contribution in [0.2, 0.25) is 0 Å². The van der Waals surface area contributed by atoms with Gasteiger partial charge in [-0.2, -0.15) is 5.26 Å². The van der Waals surface area contributed by atoms with E-state index in [1.165, 1.54) is 0 Å². The molecule has 1 aromatic rings. The highest BCUT2D eigenvalue weighted by molar-refractivity contribution is 8.00. The van der Waals surface area contributed by atoms with Crippen LogP contribution in [-0.2, 0) is 4.74 Å². The zero-order valence-electron chi connectivity index (χ0n) is 6.80. The molecule has 0 atom stereocenters. The van der Waals surface area contributed by atoms with Gasteiger partial charge in [-0.3, -0.25) is 0 Å². The lowest BCUT2D eigenvalue weighted by Gasteiger charge is -2.24. The number of nitriles is 1. The van der Waals surface area contributed by atoms with E-state index < -0.39 is 0 Å². The van der Waals surface area contributed by atoms with E-state index in [1.54, 1.807) is 17.8 Å². The van der Waals surface area contributed by atoms with Crippen LogP contribution in [0.4, 0.5) is 0 Å². The summed E-state index contributed by atoms with van der Waals surface area (Å²) in [6, 6.07) is 5.42. The molecule has 0 N–H and O–H groups in total. The Bertz CT molecular complexity index is 328. The molecule has 0 aliphatic carbocycles. The van der Waals surface area contributed by atoms with E-state index in [9.17, 15) is 0 Å². The van der Waals surface area contributed by atoms with Crippen LogP contribution in [0.5, 0.6) is 0 Å². The second kappa shape index (κ2) is 3.73. The lowest BCUT2D eigenvalue weighted by atomic mass is 10.4. The van der Waals surface area contributed by atoms with Gasteiger partial charge in [-0.25, -0.2) is 0 Å². The second-order valence-electron chi connectivity index (χ2n) is 2.65. The van der Waals surface area contributed by atoms with Gasteiger partial charge in [0.15, 0.2) is 5.69 Å². The molecule has 66 valence electrons. The summed E-state index contributed by atoms with van der Waals surface area (Å²) in [5.41, 5.74) is 0.356. The SMILES string of the molecule is N#Cc1ccc(SC2COC2)nn1. The van der Waals surface area contributed by atoms with Gasteiger partial charge >= 0.3 is 0 Å². The Morgan fingerprint density at radius 2 is 2.31 bits per heavy atom. The minimum Gasteiger partial charge on any atom is -0.379 e. The van der Waals surface area contributed by atoms with Crippen molar-refractivity contribution < 1.29 is 4.74 Å². The Hall–Kier alpha value is -1.12. The first-order chi connectivity index (χ1) is 6.38. The van der Waals surface area contributed by atoms with E-state index in [2.05, 4.69) is 10.2 Å². The van der Waals surface area contributed by atoms with Crippen LogP contribution in [-0.4, -0.2) is 28.7 Å². The van der Waals surface area contributed by atoms with Crippen LogP contribution in [0.1, 0.15) is 5.69 Å². The molecule has 1 aliphatic rings. The van der Waals surface area contributed by atoms with E-state index >= 15 is 0 Å². The largest absolute Gasteiger partial charge is 0.379 e. The summed E-state index contributed by atoms with van der Waals surface area (Å²) in [5.74, 6) is 0. The normalized spacial score (nSPS) is 16.2. The van der Waals surface area contributed by atoms with Crippen LogP contribution in [0, 0.1) is 11.3 Å². The van der Waals surface area contributed by atoms with Crippen molar-refractivity contribution in [3.63, 3.8) is 0 Å². The lowest BCUT2D eigenvalue weighted by Crippen LogP contribution is -2.30. The van der Waals surface area contributed by atoms with Gasteiger partial charge in [0.1, 0.15) is 11.1 Å². The maximum atomic E-state index is 8.49. The summed E-state index contributed by atoms with van der Waals surface area (Å²) in [5, 5.41) is 17.5. The van der Waals surface area contributed by atoms with Gasteiger partial charge in [0, 0.05) is 0 Å². The fourth-order valence-corrected chi connectivity index (χ4v) is 1.80. The minimum absolute atomic E-state index is 0.356. The Balaban J connectivity index is 2.01. The molecule has 1 aliphatic heterocycles. The van der Waals surface area contributed by atoms with Crippen molar-refractivity contribution in [1.82, 2.24) is 10.2 Å². The maximum absolute atomic E-state index is 8.49. The predicted molar refractivity (Wildman–Crippen MR) is 47.2 cm³/mol. The molecule has 1 saturated heterocycles. The molecule has 1 fully saturated rings. The smallest absolute Gasteiger partial charge is 0.163 e. The van der Waals surface area contributed by atoms with Gasteiger partial charge in [0.25, 0.3) is 0 Å². The monoisotopic (exact) mass is 193 g/mol. The Labute approximate surface area is 79.9 Å². The zero-order chi connectivity index (χ0) is 9.10. The third-order valence-electron chi connectivity index (χ3n) is 1.65. The van der Waals surface area contributed by atoms with Crippen molar-refractivity contribution in [1.29, 1.82) is 5.26 Å². The van der Waals surface area contributed by atoms with Crippen molar-refractivity contribution in [2.75, 3.05) is 13.2 Å². The van der Waals surface area contributed by atoms with Crippen LogP contribution >= 0.6 is 11.8 Å². The van der Waals surface area contributed by atoms with Crippen molar-refractivity contribution in [3.05, 3.63) is 17.8 Å². The highest BCUT2D eigenvalue weighted by Crippen LogP contribution is 2.25. The molecule has 0 saturated carbocycles. The fraction of sp³-hybridized carbons (Fsp3) is 0.375. The third-order valence-corrected chi connectivity index (χ3v) is 2.71. The molecule has 13 heavy (non-hydrogen) atoms. The van der Waals surface area contributed by atoms with Gasteiger partial charge in [0.05, 0.1) is 18.5 Å². The van der Waals surface area contributed by atoms with Gasteiger partial charge in [-0.1, -0.05) is 11.8 Å². The standard InChI is InChI=1S/C8H7N3OS/c9-3-6-1-2-8(11-10-6)13-7-4-12-5-7/h1-2,7H,4-5H2. The number of ether oxygens (including phenoxy) is 1. The molecule has 0 aromatic carbocycles. The number of nitrogens with zero attached hydrogens (tertiary/aromatic N) is 3. The van der Waals surface area contributed by atoms with Crippen molar-refractivity contribution in [3.8, 4) is 6.07 Å². The summed E-state index contributed by atoms with van der Waals surface area (Å²) in [6.45, 7) is 1.57. The molecule has 0 unspecified atom stereocenters. The minimum atomic E-state index is 0.356. The first-order valence-electron chi connectivity index (χ1n) is 3.87.